The predicted molar refractivity (Wildman–Crippen MR) is 107 cm³/mol. The Balaban J connectivity index is 1.47. The molecule has 0 amide bonds. The fraction of sp³-hybridized carbons (Fsp3) is 0.474. The second-order valence-electron chi connectivity index (χ2n) is 7.59. The van der Waals surface area contributed by atoms with Crippen molar-refractivity contribution in [3.05, 3.63) is 50.8 Å². The number of aromatic nitrogens is 2. The SMILES string of the molecule is O=c1[nH]c(CN(Cc2ccco2)[C@@H]2CCS(=O)(=O)C2)nc2sc3c(c12)CCC3. The standard InChI is InChI=1S/C19H21N3O4S2/c23-18-17-14-4-1-5-15(14)27-19(17)21-16(20-18)10-22(9-13-3-2-7-26-13)12-6-8-28(24,25)11-12/h2-3,7,12H,1,4-6,8-11H2,(H,20,21,23)/t12-/m1/s1. The van der Waals surface area contributed by atoms with Crippen molar-refractivity contribution in [3.63, 3.8) is 0 Å². The third-order valence-corrected chi connectivity index (χ3v) is 8.58. The molecule has 148 valence electrons. The van der Waals surface area contributed by atoms with Crippen molar-refractivity contribution in [1.82, 2.24) is 14.9 Å². The first kappa shape index (κ1) is 18.1. The van der Waals surface area contributed by atoms with Gasteiger partial charge in [0.25, 0.3) is 5.56 Å². The number of aromatic amines is 1. The van der Waals surface area contributed by atoms with Crippen LogP contribution < -0.4 is 5.56 Å². The van der Waals surface area contributed by atoms with Gasteiger partial charge in [-0.05, 0) is 43.4 Å². The first-order valence-electron chi connectivity index (χ1n) is 9.49. The minimum Gasteiger partial charge on any atom is -0.468 e. The molecular formula is C19H21N3O4S2. The summed E-state index contributed by atoms with van der Waals surface area (Å²) in [7, 11) is -3.02. The minimum atomic E-state index is -3.02. The largest absolute Gasteiger partial charge is 0.468 e. The fourth-order valence-electron chi connectivity index (χ4n) is 4.29. The van der Waals surface area contributed by atoms with Gasteiger partial charge in [0.2, 0.25) is 0 Å². The molecule has 0 bridgehead atoms. The van der Waals surface area contributed by atoms with Gasteiger partial charge < -0.3 is 9.40 Å². The molecule has 7 nitrogen and oxygen atoms in total. The molecule has 5 rings (SSSR count). The van der Waals surface area contributed by atoms with E-state index in [0.717, 1.165) is 40.8 Å². The Morgan fingerprint density at radius 1 is 1.32 bits per heavy atom. The number of furan rings is 1. The van der Waals surface area contributed by atoms with Crippen LogP contribution in [-0.4, -0.2) is 40.8 Å². The van der Waals surface area contributed by atoms with Gasteiger partial charge in [-0.1, -0.05) is 0 Å². The highest BCUT2D eigenvalue weighted by atomic mass is 32.2. The van der Waals surface area contributed by atoms with Crippen molar-refractivity contribution < 1.29 is 12.8 Å². The van der Waals surface area contributed by atoms with Gasteiger partial charge in [0, 0.05) is 10.9 Å². The molecule has 2 aliphatic rings. The van der Waals surface area contributed by atoms with Crippen LogP contribution in [0, 0.1) is 0 Å². The summed E-state index contributed by atoms with van der Waals surface area (Å²) < 4.78 is 29.4. The molecule has 1 fully saturated rings. The smallest absolute Gasteiger partial charge is 0.259 e. The molecule has 1 aliphatic heterocycles. The number of aryl methyl sites for hydroxylation is 2. The highest BCUT2D eigenvalue weighted by Crippen LogP contribution is 2.34. The van der Waals surface area contributed by atoms with Gasteiger partial charge in [0.05, 0.1) is 36.2 Å². The Labute approximate surface area is 166 Å². The van der Waals surface area contributed by atoms with Crippen LogP contribution in [0.5, 0.6) is 0 Å². The summed E-state index contributed by atoms with van der Waals surface area (Å²) in [5.41, 5.74) is 1.08. The lowest BCUT2D eigenvalue weighted by atomic mass is 10.2. The Bertz CT molecular complexity index is 1180. The number of nitrogens with zero attached hydrogens (tertiary/aromatic N) is 2. The molecule has 1 saturated heterocycles. The normalized spacial score (nSPS) is 21.0. The Hall–Kier alpha value is -1.97. The van der Waals surface area contributed by atoms with Crippen LogP contribution in [0.25, 0.3) is 10.2 Å². The molecule has 0 aromatic carbocycles. The van der Waals surface area contributed by atoms with Crippen molar-refractivity contribution in [1.29, 1.82) is 0 Å². The third kappa shape index (κ3) is 3.31. The van der Waals surface area contributed by atoms with Crippen LogP contribution in [0.1, 0.15) is 34.9 Å². The van der Waals surface area contributed by atoms with Crippen molar-refractivity contribution in [3.8, 4) is 0 Å². The summed E-state index contributed by atoms with van der Waals surface area (Å²) in [5.74, 6) is 1.68. The van der Waals surface area contributed by atoms with Crippen LogP contribution in [0.4, 0.5) is 0 Å². The summed E-state index contributed by atoms with van der Waals surface area (Å²) in [6, 6.07) is 3.59. The number of hydrogen-bond donors (Lipinski definition) is 1. The Morgan fingerprint density at radius 3 is 2.96 bits per heavy atom. The van der Waals surface area contributed by atoms with Gasteiger partial charge in [0.15, 0.2) is 9.84 Å². The van der Waals surface area contributed by atoms with Crippen LogP contribution in [-0.2, 0) is 35.8 Å². The zero-order valence-electron chi connectivity index (χ0n) is 15.3. The van der Waals surface area contributed by atoms with E-state index in [1.807, 2.05) is 12.1 Å². The van der Waals surface area contributed by atoms with E-state index < -0.39 is 9.84 Å². The highest BCUT2D eigenvalue weighted by molar-refractivity contribution is 7.91. The van der Waals surface area contributed by atoms with Crippen molar-refractivity contribution in [2.45, 2.75) is 44.8 Å². The van der Waals surface area contributed by atoms with E-state index in [2.05, 4.69) is 9.88 Å². The van der Waals surface area contributed by atoms with Gasteiger partial charge >= 0.3 is 0 Å². The van der Waals surface area contributed by atoms with Gasteiger partial charge in [-0.15, -0.1) is 11.3 Å². The number of H-pyrrole nitrogens is 1. The van der Waals surface area contributed by atoms with E-state index in [1.54, 1.807) is 17.6 Å². The second-order valence-corrected chi connectivity index (χ2v) is 10.9. The zero-order chi connectivity index (χ0) is 19.3. The number of thiophene rings is 1. The molecule has 0 unspecified atom stereocenters. The highest BCUT2D eigenvalue weighted by Gasteiger charge is 2.33. The van der Waals surface area contributed by atoms with Crippen molar-refractivity contribution in [2.24, 2.45) is 0 Å². The van der Waals surface area contributed by atoms with Crippen LogP contribution in [0.2, 0.25) is 0 Å². The van der Waals surface area contributed by atoms with E-state index >= 15 is 0 Å². The predicted octanol–water partition coefficient (Wildman–Crippen LogP) is 2.26. The summed E-state index contributed by atoms with van der Waals surface area (Å²) >= 11 is 1.62. The zero-order valence-corrected chi connectivity index (χ0v) is 16.9. The lowest BCUT2D eigenvalue weighted by Crippen LogP contribution is -2.36. The molecule has 3 aromatic rings. The molecule has 9 heteroatoms. The van der Waals surface area contributed by atoms with Gasteiger partial charge in [0.1, 0.15) is 16.4 Å². The van der Waals surface area contributed by atoms with Gasteiger partial charge in [-0.2, -0.15) is 0 Å². The van der Waals surface area contributed by atoms with Gasteiger partial charge in [-0.25, -0.2) is 13.4 Å². The molecule has 0 spiro atoms. The van der Waals surface area contributed by atoms with E-state index in [0.29, 0.717) is 25.3 Å². The molecule has 1 aliphatic carbocycles. The second kappa shape index (κ2) is 6.82. The minimum absolute atomic E-state index is 0.0867. The molecule has 0 radical (unpaired) electrons. The molecular weight excluding hydrogens is 398 g/mol. The average molecular weight is 420 g/mol. The monoisotopic (exact) mass is 419 g/mol. The fourth-order valence-corrected chi connectivity index (χ4v) is 7.34. The van der Waals surface area contributed by atoms with E-state index in [-0.39, 0.29) is 23.1 Å². The van der Waals surface area contributed by atoms with Crippen molar-refractivity contribution in [2.75, 3.05) is 11.5 Å². The van der Waals surface area contributed by atoms with Crippen LogP contribution >= 0.6 is 11.3 Å². The lowest BCUT2D eigenvalue weighted by molar-refractivity contribution is 0.175. The van der Waals surface area contributed by atoms with E-state index in [1.165, 1.54) is 4.88 Å². The quantitative estimate of drug-likeness (QED) is 0.681. The summed E-state index contributed by atoms with van der Waals surface area (Å²) in [4.78, 5) is 24.5. The van der Waals surface area contributed by atoms with Crippen LogP contribution in [0.15, 0.2) is 27.6 Å². The van der Waals surface area contributed by atoms with Crippen LogP contribution in [0.3, 0.4) is 0 Å². The van der Waals surface area contributed by atoms with Crippen molar-refractivity contribution >= 4 is 31.4 Å². The maximum Gasteiger partial charge on any atom is 0.259 e. The molecule has 0 saturated carbocycles. The first-order valence-corrected chi connectivity index (χ1v) is 12.1. The summed E-state index contributed by atoms with van der Waals surface area (Å²) in [6.07, 6.45) is 5.27. The number of rotatable bonds is 5. The summed E-state index contributed by atoms with van der Waals surface area (Å²) in [6.45, 7) is 0.866. The Kier molecular flexibility index (Phi) is 4.41. The molecule has 3 aromatic heterocycles. The molecule has 4 heterocycles. The molecule has 1 atom stereocenters. The Morgan fingerprint density at radius 2 is 2.21 bits per heavy atom. The maximum atomic E-state index is 12.7. The molecule has 28 heavy (non-hydrogen) atoms. The van der Waals surface area contributed by atoms with E-state index in [4.69, 9.17) is 9.40 Å². The summed E-state index contributed by atoms with van der Waals surface area (Å²) in [5, 5.41) is 0.738. The lowest BCUT2D eigenvalue weighted by Gasteiger charge is -2.26. The first-order chi connectivity index (χ1) is 13.5. The molecule has 1 N–H and O–H groups in total. The number of nitrogens with one attached hydrogen (secondary N) is 1. The third-order valence-electron chi connectivity index (χ3n) is 5.64. The topological polar surface area (TPSA) is 96.3 Å². The number of sulfone groups is 1. The number of fused-ring (bicyclic) bond motifs is 3. The van der Waals surface area contributed by atoms with E-state index in [9.17, 15) is 13.2 Å². The number of hydrogen-bond acceptors (Lipinski definition) is 7. The maximum absolute atomic E-state index is 12.7. The van der Waals surface area contributed by atoms with Gasteiger partial charge in [-0.3, -0.25) is 9.69 Å². The average Bonchev–Trinajstić information content (AvgIpc) is 3.38.